The van der Waals surface area contributed by atoms with E-state index in [0.29, 0.717) is 5.82 Å². The van der Waals surface area contributed by atoms with E-state index in [9.17, 15) is 0 Å². The van der Waals surface area contributed by atoms with Crippen LogP contribution in [0.25, 0.3) is 11.5 Å². The third-order valence-electron chi connectivity index (χ3n) is 1.19. The molecule has 50 valence electrons. The fourth-order valence-electron chi connectivity index (χ4n) is 0.733. The molecule has 2 aliphatic heterocycles. The van der Waals surface area contributed by atoms with Gasteiger partial charge in [0.05, 0.1) is 22.3 Å². The van der Waals surface area contributed by atoms with Crippen LogP contribution in [0.4, 0.5) is 0 Å². The van der Waals surface area contributed by atoms with E-state index in [1.54, 1.807) is 22.2 Å². The van der Waals surface area contributed by atoms with Crippen molar-refractivity contribution in [1.29, 1.82) is 0 Å². The van der Waals surface area contributed by atoms with E-state index in [0.717, 1.165) is 5.69 Å². The predicted octanol–water partition coefficient (Wildman–Crippen LogP) is 0.936. The molecule has 0 saturated heterocycles. The summed E-state index contributed by atoms with van der Waals surface area (Å²) in [7, 11) is 0. The molecule has 0 bridgehead atoms. The molecule has 2 rings (SSSR count). The Balaban J connectivity index is 2.80. The second-order valence-electron chi connectivity index (χ2n) is 1.79. The van der Waals surface area contributed by atoms with Gasteiger partial charge in [-0.05, 0) is 0 Å². The molecular weight excluding hydrogens is 196 g/mol. The van der Waals surface area contributed by atoms with Crippen LogP contribution in [-0.2, 0) is 0 Å². The van der Waals surface area contributed by atoms with Crippen LogP contribution in [0, 0.1) is 0 Å². The lowest BCUT2D eigenvalue weighted by Crippen LogP contribution is -1.90. The molecule has 0 radical (unpaired) electrons. The van der Waals surface area contributed by atoms with Crippen molar-refractivity contribution >= 4 is 16.1 Å². The van der Waals surface area contributed by atoms with E-state index in [1.807, 2.05) is 0 Å². The Morgan fingerprint density at radius 1 is 1.50 bits per heavy atom. The summed E-state index contributed by atoms with van der Waals surface area (Å²) in [4.78, 5) is 3.98. The topological polar surface area (TPSA) is 43.6 Å². The lowest BCUT2D eigenvalue weighted by Gasteiger charge is -1.97. The molecule has 0 saturated carbocycles. The van der Waals surface area contributed by atoms with E-state index in [4.69, 9.17) is 0 Å². The maximum Gasteiger partial charge on any atom is 0.200 e. The number of fused-ring (bicyclic) bond motifs is 1. The minimum absolute atomic E-state index is 0.652. The summed E-state index contributed by atoms with van der Waals surface area (Å²) in [5, 5.41) is 7.47. The van der Waals surface area contributed by atoms with Gasteiger partial charge in [0.1, 0.15) is 5.69 Å². The van der Waals surface area contributed by atoms with Crippen LogP contribution < -0.4 is 0 Å². The van der Waals surface area contributed by atoms with Gasteiger partial charge < -0.3 is 0 Å². The number of halogens is 1. The summed E-state index contributed by atoms with van der Waals surface area (Å²) in [6, 6.07) is 0. The normalized spacial score (nSPS) is 10.5. The molecule has 0 fully saturated rings. The lowest BCUT2D eigenvalue weighted by atomic mass is 10.4. The second-order valence-corrected chi connectivity index (χ2v) is 2.56. The molecule has 2 aliphatic rings. The van der Waals surface area contributed by atoms with Gasteiger partial charge >= 0.3 is 0 Å². The first-order chi connectivity index (χ1) is 4.88. The molecule has 0 aromatic carbocycles. The number of aromatic nitrogens is 4. The lowest BCUT2D eigenvalue weighted by molar-refractivity contribution is 1.05. The monoisotopic (exact) mass is 198 g/mol. The van der Waals surface area contributed by atoms with E-state index >= 15 is 0 Å². The van der Waals surface area contributed by atoms with E-state index in [2.05, 4.69) is 31.3 Å². The maximum atomic E-state index is 3.98. The molecule has 0 amide bonds. The highest BCUT2D eigenvalue weighted by atomic mass is 79.9. The van der Waals surface area contributed by atoms with Gasteiger partial charge in [-0.1, -0.05) is 0 Å². The van der Waals surface area contributed by atoms with Crippen molar-refractivity contribution in [2.45, 2.75) is 0 Å². The van der Waals surface area contributed by atoms with Gasteiger partial charge in [0, 0.05) is 12.4 Å². The SMILES string of the molecule is Brn1ccnc2nncc1-2. The molecule has 0 unspecified atom stereocenters. The Labute approximate surface area is 65.6 Å². The molecule has 0 aromatic heterocycles. The highest BCUT2D eigenvalue weighted by molar-refractivity contribution is 9.08. The van der Waals surface area contributed by atoms with Crippen LogP contribution in [0.15, 0.2) is 18.6 Å². The van der Waals surface area contributed by atoms with Gasteiger partial charge in [-0.15, -0.1) is 5.10 Å². The Kier molecular flexibility index (Phi) is 1.17. The molecule has 0 spiro atoms. The predicted molar refractivity (Wildman–Crippen MR) is 38.8 cm³/mol. The Hall–Kier alpha value is -0.970. The summed E-state index contributed by atoms with van der Waals surface area (Å²) in [6.45, 7) is 0. The first kappa shape index (κ1) is 5.79. The van der Waals surface area contributed by atoms with Crippen molar-refractivity contribution < 1.29 is 0 Å². The summed E-state index contributed by atoms with van der Waals surface area (Å²) >= 11 is 3.27. The zero-order chi connectivity index (χ0) is 6.97. The molecule has 2 heterocycles. The quantitative estimate of drug-likeness (QED) is 0.633. The fourth-order valence-corrected chi connectivity index (χ4v) is 1.09. The summed E-state index contributed by atoms with van der Waals surface area (Å²) in [6.07, 6.45) is 5.09. The minimum Gasteiger partial charge on any atom is -0.277 e. The molecular formula is C5H3BrN4. The molecule has 10 heavy (non-hydrogen) atoms. The third-order valence-corrected chi connectivity index (χ3v) is 1.80. The van der Waals surface area contributed by atoms with Crippen molar-refractivity contribution in [2.24, 2.45) is 0 Å². The maximum absolute atomic E-state index is 3.98. The van der Waals surface area contributed by atoms with Crippen molar-refractivity contribution in [3.05, 3.63) is 18.6 Å². The van der Waals surface area contributed by atoms with Gasteiger partial charge in [0.25, 0.3) is 0 Å². The van der Waals surface area contributed by atoms with E-state index < -0.39 is 0 Å². The van der Waals surface area contributed by atoms with Crippen LogP contribution in [0.1, 0.15) is 0 Å². The molecule has 0 aromatic rings. The van der Waals surface area contributed by atoms with Gasteiger partial charge in [-0.2, -0.15) is 5.10 Å². The van der Waals surface area contributed by atoms with Gasteiger partial charge in [0.15, 0.2) is 0 Å². The molecule has 4 nitrogen and oxygen atoms in total. The zero-order valence-corrected chi connectivity index (χ0v) is 6.48. The first-order valence-electron chi connectivity index (χ1n) is 2.69. The summed E-state index contributed by atoms with van der Waals surface area (Å²) < 4.78 is 1.75. The van der Waals surface area contributed by atoms with Crippen LogP contribution in [0.5, 0.6) is 0 Å². The largest absolute Gasteiger partial charge is 0.277 e. The Bertz CT molecular complexity index is 318. The second kappa shape index (κ2) is 2.02. The smallest absolute Gasteiger partial charge is 0.200 e. The van der Waals surface area contributed by atoms with Gasteiger partial charge in [-0.25, -0.2) is 4.98 Å². The summed E-state index contributed by atoms with van der Waals surface area (Å²) in [5.41, 5.74) is 0.877. The van der Waals surface area contributed by atoms with Crippen LogP contribution >= 0.6 is 16.1 Å². The van der Waals surface area contributed by atoms with Crippen molar-refractivity contribution in [3.63, 3.8) is 0 Å². The standard InChI is InChI=1S/C5H3BrN4/c6-10-2-1-7-5-4(10)3-8-9-5/h1-3H. The van der Waals surface area contributed by atoms with E-state index in [-0.39, 0.29) is 0 Å². The molecule has 0 aliphatic carbocycles. The highest BCUT2D eigenvalue weighted by Gasteiger charge is 2.07. The first-order valence-corrected chi connectivity index (χ1v) is 3.40. The number of hydrogen-bond acceptors (Lipinski definition) is 3. The summed E-state index contributed by atoms with van der Waals surface area (Å²) in [5.74, 6) is 0.652. The zero-order valence-electron chi connectivity index (χ0n) is 4.90. The number of hydrogen-bond donors (Lipinski definition) is 0. The fraction of sp³-hybridized carbons (Fsp3) is 0. The van der Waals surface area contributed by atoms with E-state index in [1.165, 1.54) is 0 Å². The molecule has 0 N–H and O–H groups in total. The number of rotatable bonds is 0. The highest BCUT2D eigenvalue weighted by Crippen LogP contribution is 2.15. The molecule has 0 atom stereocenters. The average molecular weight is 199 g/mol. The third kappa shape index (κ3) is 0.706. The molecule has 5 heteroatoms. The van der Waals surface area contributed by atoms with Crippen molar-refractivity contribution in [1.82, 2.24) is 18.8 Å². The number of nitrogens with zero attached hydrogens (tertiary/aromatic N) is 4. The Morgan fingerprint density at radius 2 is 2.40 bits per heavy atom. The van der Waals surface area contributed by atoms with Crippen LogP contribution in [0.2, 0.25) is 0 Å². The van der Waals surface area contributed by atoms with Crippen molar-refractivity contribution in [3.8, 4) is 11.5 Å². The minimum atomic E-state index is 0.652. The van der Waals surface area contributed by atoms with Crippen LogP contribution in [0.3, 0.4) is 0 Å². The van der Waals surface area contributed by atoms with Crippen LogP contribution in [-0.4, -0.2) is 18.8 Å². The van der Waals surface area contributed by atoms with Gasteiger partial charge in [0.2, 0.25) is 5.82 Å². The van der Waals surface area contributed by atoms with Gasteiger partial charge in [-0.3, -0.25) is 3.59 Å². The average Bonchev–Trinajstić information content (AvgIpc) is 2.36. The van der Waals surface area contributed by atoms with Crippen molar-refractivity contribution in [2.75, 3.05) is 0 Å². The Morgan fingerprint density at radius 3 is 3.20 bits per heavy atom.